The van der Waals surface area contributed by atoms with Crippen LogP contribution in [-0.4, -0.2) is 37.9 Å². The fourth-order valence-corrected chi connectivity index (χ4v) is 2.88. The van der Waals surface area contributed by atoms with Crippen LogP contribution in [0.3, 0.4) is 0 Å². The first-order valence-electron chi connectivity index (χ1n) is 8.16. The molecule has 1 saturated heterocycles. The van der Waals surface area contributed by atoms with E-state index in [4.69, 9.17) is 35.0 Å². The van der Waals surface area contributed by atoms with Crippen LogP contribution in [0.2, 0.25) is 5.02 Å². The summed E-state index contributed by atoms with van der Waals surface area (Å²) in [6, 6.07) is 10.0. The van der Waals surface area contributed by atoms with E-state index >= 15 is 0 Å². The number of anilines is 2. The van der Waals surface area contributed by atoms with Gasteiger partial charge in [-0.1, -0.05) is 39.6 Å². The van der Waals surface area contributed by atoms with Crippen LogP contribution in [0.5, 0.6) is 0 Å². The molecule has 0 amide bonds. The number of rotatable bonds is 4. The average molecular weight is 419 g/mol. The topological polar surface area (TPSA) is 134 Å². The van der Waals surface area contributed by atoms with Crippen molar-refractivity contribution < 1.29 is 38.3 Å². The number of benzene rings is 1. The summed E-state index contributed by atoms with van der Waals surface area (Å²) in [6.07, 6.45) is 1.78. The molecule has 11 heteroatoms. The van der Waals surface area contributed by atoms with Gasteiger partial charge in [0.15, 0.2) is 10.7 Å². The molecule has 0 spiro atoms. The monoisotopic (exact) mass is 418 g/mol. The molecule has 27 heavy (non-hydrogen) atoms. The smallest absolute Gasteiger partial charge is 0.324 e. The summed E-state index contributed by atoms with van der Waals surface area (Å²) in [7, 11) is -4.94. The van der Waals surface area contributed by atoms with E-state index in [-0.39, 0.29) is 0 Å². The number of aromatic nitrogens is 2. The van der Waals surface area contributed by atoms with Gasteiger partial charge in [-0.05, 0) is 19.1 Å². The Morgan fingerprint density at radius 3 is 2.33 bits per heavy atom. The standard InChI is InChI=1S/C16H19ClN4O.ClHO4/c1-2-18-14-12-19-21(13-6-4-3-5-7-13)16(15(14)17)20-8-10-22-11-9-20;2-1(3,4)5/h3-7,12H,2,8-11H2,1H3;(H,2,3,4,5). The van der Waals surface area contributed by atoms with E-state index in [0.717, 1.165) is 36.8 Å². The Morgan fingerprint density at radius 1 is 1.19 bits per heavy atom. The fraction of sp³-hybridized carbons (Fsp3) is 0.375. The van der Waals surface area contributed by atoms with Crippen molar-refractivity contribution >= 4 is 23.1 Å². The Hall–Kier alpha value is -1.72. The van der Waals surface area contributed by atoms with Gasteiger partial charge in [0.25, 0.3) is 0 Å². The lowest BCUT2D eigenvalue weighted by Gasteiger charge is -2.24. The quantitative estimate of drug-likeness (QED) is 0.539. The van der Waals surface area contributed by atoms with E-state index in [0.29, 0.717) is 18.2 Å². The number of ether oxygens (including phenoxy) is 1. The summed E-state index contributed by atoms with van der Waals surface area (Å²) in [4.78, 5) is 2.23. The molecule has 0 radical (unpaired) electrons. The van der Waals surface area contributed by atoms with Crippen molar-refractivity contribution in [1.82, 2.24) is 5.10 Å². The molecule has 1 aliphatic heterocycles. The maximum absolute atomic E-state index is 8.49. The van der Waals surface area contributed by atoms with Crippen molar-refractivity contribution in [2.45, 2.75) is 6.92 Å². The first-order valence-corrected chi connectivity index (χ1v) is 9.77. The van der Waals surface area contributed by atoms with Crippen molar-refractivity contribution in [2.24, 2.45) is 0 Å². The van der Waals surface area contributed by atoms with E-state index in [1.165, 1.54) is 0 Å². The number of halogens is 2. The predicted octanol–water partition coefficient (Wildman–Crippen LogP) is -2.48. The molecular formula is C16H20Cl2N4O5. The third kappa shape index (κ3) is 6.74. The van der Waals surface area contributed by atoms with Crippen molar-refractivity contribution in [2.75, 3.05) is 43.1 Å². The molecule has 1 aromatic heterocycles. The van der Waals surface area contributed by atoms with Gasteiger partial charge in [0.1, 0.15) is 13.1 Å². The molecule has 1 fully saturated rings. The van der Waals surface area contributed by atoms with Crippen molar-refractivity contribution in [3.8, 4) is 5.69 Å². The summed E-state index contributed by atoms with van der Waals surface area (Å²) in [5.41, 5.74) is 1.85. The highest BCUT2D eigenvalue weighted by Crippen LogP contribution is 2.30. The maximum atomic E-state index is 8.49. The normalized spacial score (nSPS) is 14.4. The molecule has 0 aliphatic carbocycles. The van der Waals surface area contributed by atoms with Crippen LogP contribution < -0.4 is 33.5 Å². The van der Waals surface area contributed by atoms with Crippen molar-refractivity contribution in [3.63, 3.8) is 0 Å². The Balaban J connectivity index is 0.000000465. The Labute approximate surface area is 164 Å². The average Bonchev–Trinajstić information content (AvgIpc) is 2.63. The van der Waals surface area contributed by atoms with Crippen LogP contribution in [0.25, 0.3) is 5.69 Å². The summed E-state index contributed by atoms with van der Waals surface area (Å²) >= 11 is 6.67. The molecular weight excluding hydrogens is 399 g/mol. The highest BCUT2D eigenvalue weighted by Gasteiger charge is 2.29. The third-order valence-electron chi connectivity index (χ3n) is 3.61. The lowest BCUT2D eigenvalue weighted by Crippen LogP contribution is -2.68. The predicted molar refractivity (Wildman–Crippen MR) is 88.0 cm³/mol. The minimum Gasteiger partial charge on any atom is -0.382 e. The lowest BCUT2D eigenvalue weighted by molar-refractivity contribution is -2.00. The number of para-hydroxylation sites is 1. The zero-order valence-corrected chi connectivity index (χ0v) is 16.2. The van der Waals surface area contributed by atoms with E-state index in [1.54, 1.807) is 6.20 Å². The second-order valence-corrected chi connectivity index (χ2v) is 6.58. The number of morpholine rings is 1. The minimum absolute atomic E-state index is 0.697. The molecule has 9 nitrogen and oxygen atoms in total. The molecule has 0 saturated carbocycles. The van der Waals surface area contributed by atoms with Gasteiger partial charge in [0.05, 0.1) is 25.1 Å². The van der Waals surface area contributed by atoms with Gasteiger partial charge in [-0.15, -0.1) is 10.2 Å². The summed E-state index contributed by atoms with van der Waals surface area (Å²) in [5, 5.41) is 8.56. The summed E-state index contributed by atoms with van der Waals surface area (Å²) in [6.45, 7) is 5.88. The number of nitrogens with one attached hydrogen (secondary N) is 1. The summed E-state index contributed by atoms with van der Waals surface area (Å²) in [5.74, 6) is 0.912. The van der Waals surface area contributed by atoms with Gasteiger partial charge in [0.2, 0.25) is 0 Å². The van der Waals surface area contributed by atoms with Gasteiger partial charge >= 0.3 is 5.82 Å². The highest BCUT2D eigenvalue weighted by molar-refractivity contribution is 6.35. The molecule has 2 aromatic rings. The highest BCUT2D eigenvalue weighted by atomic mass is 35.7. The van der Waals surface area contributed by atoms with E-state index < -0.39 is 10.2 Å². The molecule has 1 N–H and O–H groups in total. The van der Waals surface area contributed by atoms with E-state index in [2.05, 4.69) is 15.3 Å². The number of hydrogen-bond acceptors (Lipinski definition) is 8. The number of nitrogens with zero attached hydrogens (tertiary/aromatic N) is 3. The maximum Gasteiger partial charge on any atom is 0.324 e. The van der Waals surface area contributed by atoms with Crippen molar-refractivity contribution in [1.29, 1.82) is 0 Å². The van der Waals surface area contributed by atoms with Gasteiger partial charge in [0, 0.05) is 6.54 Å². The van der Waals surface area contributed by atoms with Crippen LogP contribution >= 0.6 is 11.6 Å². The molecule has 1 aliphatic rings. The van der Waals surface area contributed by atoms with Crippen LogP contribution in [-0.2, 0) is 4.74 Å². The van der Waals surface area contributed by atoms with Crippen LogP contribution in [0.15, 0.2) is 36.5 Å². The molecule has 2 heterocycles. The largest absolute Gasteiger partial charge is 0.382 e. The Kier molecular flexibility index (Phi) is 7.99. The molecule has 3 rings (SSSR count). The summed E-state index contributed by atoms with van der Waals surface area (Å²) < 4.78 is 41.3. The van der Waals surface area contributed by atoms with E-state index in [1.807, 2.05) is 41.9 Å². The van der Waals surface area contributed by atoms with Gasteiger partial charge in [-0.25, -0.2) is 18.6 Å². The van der Waals surface area contributed by atoms with Crippen molar-refractivity contribution in [3.05, 3.63) is 41.6 Å². The second kappa shape index (κ2) is 10.00. The first kappa shape index (κ1) is 21.6. The Bertz CT molecular complexity index is 719. The Morgan fingerprint density at radius 2 is 1.78 bits per heavy atom. The van der Waals surface area contributed by atoms with Gasteiger partial charge < -0.3 is 10.1 Å². The first-order chi connectivity index (χ1) is 12.8. The zero-order chi connectivity index (χ0) is 19.9. The van der Waals surface area contributed by atoms with Gasteiger partial charge in [-0.2, -0.15) is 0 Å². The van der Waals surface area contributed by atoms with Gasteiger partial charge in [-0.3, -0.25) is 4.90 Å². The van der Waals surface area contributed by atoms with E-state index in [9.17, 15) is 0 Å². The van der Waals surface area contributed by atoms with Crippen LogP contribution in [0.4, 0.5) is 11.5 Å². The minimum atomic E-state index is -4.94. The molecule has 0 unspecified atom stereocenters. The van der Waals surface area contributed by atoms with Crippen LogP contribution in [0.1, 0.15) is 6.92 Å². The molecule has 1 aromatic carbocycles. The third-order valence-corrected chi connectivity index (χ3v) is 3.99. The SMILES string of the molecule is CCNc1cn[n+](-c2ccccc2)c(N2CCOCC2)c1Cl.[O-][Cl+3]([O-])([O-])[O-]. The zero-order valence-electron chi connectivity index (χ0n) is 14.6. The molecule has 0 bridgehead atoms. The second-order valence-electron chi connectivity index (χ2n) is 5.45. The fourth-order valence-electron chi connectivity index (χ4n) is 2.56. The molecule has 0 atom stereocenters. The molecule has 148 valence electrons. The number of hydrogen-bond donors (Lipinski definition) is 1. The van der Waals surface area contributed by atoms with Crippen LogP contribution in [0, 0.1) is 10.2 Å². The lowest BCUT2D eigenvalue weighted by atomic mass is 10.3.